The van der Waals surface area contributed by atoms with Gasteiger partial charge >= 0.3 is 0 Å². The summed E-state index contributed by atoms with van der Waals surface area (Å²) in [4.78, 5) is 25.8. The molecule has 2 N–H and O–H groups in total. The zero-order chi connectivity index (χ0) is 20.1. The summed E-state index contributed by atoms with van der Waals surface area (Å²) in [5, 5.41) is 6.02. The lowest BCUT2D eigenvalue weighted by Gasteiger charge is -2.32. The molecule has 2 aromatic carbocycles. The van der Waals surface area contributed by atoms with Crippen LogP contribution < -0.4 is 10.6 Å². The first-order valence-electron chi connectivity index (χ1n) is 9.26. The Morgan fingerprint density at radius 1 is 1.14 bits per heavy atom. The summed E-state index contributed by atoms with van der Waals surface area (Å²) in [6.07, 6.45) is 1.66. The lowest BCUT2D eigenvalue weighted by atomic mass is 9.96. The molecule has 1 saturated heterocycles. The van der Waals surface area contributed by atoms with Gasteiger partial charge in [0.1, 0.15) is 5.82 Å². The Morgan fingerprint density at radius 2 is 1.82 bits per heavy atom. The fourth-order valence-corrected chi connectivity index (χ4v) is 3.63. The second kappa shape index (κ2) is 9.17. The number of rotatable bonds is 5. The number of carbonyl (C=O) groups is 2. The first-order valence-corrected chi connectivity index (χ1v) is 9.64. The van der Waals surface area contributed by atoms with Crippen molar-refractivity contribution in [1.29, 1.82) is 0 Å². The van der Waals surface area contributed by atoms with Gasteiger partial charge in [0.2, 0.25) is 11.8 Å². The molecule has 2 amide bonds. The van der Waals surface area contributed by atoms with Gasteiger partial charge in [0.25, 0.3) is 0 Å². The molecule has 1 atom stereocenters. The fraction of sp³-hybridized carbons (Fsp3) is 0.333. The Balaban J connectivity index is 1.59. The first kappa shape index (κ1) is 20.3. The van der Waals surface area contributed by atoms with Crippen LogP contribution in [-0.2, 0) is 16.1 Å². The minimum Gasteiger partial charge on any atom is -0.326 e. The molecule has 0 saturated carbocycles. The average molecular weight is 404 g/mol. The van der Waals surface area contributed by atoms with E-state index in [1.54, 1.807) is 36.4 Å². The number of piperidine rings is 1. The summed E-state index contributed by atoms with van der Waals surface area (Å²) in [5.41, 5.74) is 1.82. The standard InChI is InChI=1S/C21H23ClFN3O2/c1-14(27)24-16-7-9-17(10-8-16)25-21(28)15-4-3-11-26(12-15)13-18-19(22)5-2-6-20(18)23/h2,5-10,15H,3-4,11-13H2,1H3,(H,24,27)(H,25,28). The van der Waals surface area contributed by atoms with Gasteiger partial charge in [-0.3, -0.25) is 14.5 Å². The monoisotopic (exact) mass is 403 g/mol. The molecular weight excluding hydrogens is 381 g/mol. The van der Waals surface area contributed by atoms with Gasteiger partial charge in [-0.25, -0.2) is 4.39 Å². The van der Waals surface area contributed by atoms with Gasteiger partial charge < -0.3 is 10.6 Å². The molecule has 3 rings (SSSR count). The molecule has 28 heavy (non-hydrogen) atoms. The van der Waals surface area contributed by atoms with Crippen LogP contribution in [0.5, 0.6) is 0 Å². The number of benzene rings is 2. The molecular formula is C21H23ClFN3O2. The van der Waals surface area contributed by atoms with E-state index >= 15 is 0 Å². The van der Waals surface area contributed by atoms with E-state index in [1.165, 1.54) is 13.0 Å². The van der Waals surface area contributed by atoms with Crippen LogP contribution in [0.2, 0.25) is 5.02 Å². The van der Waals surface area contributed by atoms with Crippen LogP contribution in [-0.4, -0.2) is 29.8 Å². The number of nitrogens with one attached hydrogen (secondary N) is 2. The van der Waals surface area contributed by atoms with Crippen LogP contribution >= 0.6 is 11.6 Å². The van der Waals surface area contributed by atoms with Gasteiger partial charge in [0.15, 0.2) is 0 Å². The van der Waals surface area contributed by atoms with Crippen molar-refractivity contribution < 1.29 is 14.0 Å². The van der Waals surface area contributed by atoms with Crippen LogP contribution in [0.1, 0.15) is 25.3 Å². The maximum absolute atomic E-state index is 14.0. The normalized spacial score (nSPS) is 17.2. The quantitative estimate of drug-likeness (QED) is 0.782. The van der Waals surface area contributed by atoms with Crippen molar-refractivity contribution in [3.63, 3.8) is 0 Å². The van der Waals surface area contributed by atoms with Crippen LogP contribution in [0.3, 0.4) is 0 Å². The highest BCUT2D eigenvalue weighted by Crippen LogP contribution is 2.25. The second-order valence-corrected chi connectivity index (χ2v) is 7.43. The number of carbonyl (C=O) groups excluding carboxylic acids is 2. The number of hydrogen-bond donors (Lipinski definition) is 2. The third-order valence-corrected chi connectivity index (χ3v) is 5.15. The average Bonchev–Trinajstić information content (AvgIpc) is 2.66. The van der Waals surface area contributed by atoms with Gasteiger partial charge in [-0.2, -0.15) is 0 Å². The Morgan fingerprint density at radius 3 is 2.46 bits per heavy atom. The van der Waals surface area contributed by atoms with Crippen molar-refractivity contribution in [2.24, 2.45) is 5.92 Å². The number of amides is 2. The molecule has 0 aromatic heterocycles. The molecule has 5 nitrogen and oxygen atoms in total. The summed E-state index contributed by atoms with van der Waals surface area (Å²) in [7, 11) is 0. The topological polar surface area (TPSA) is 61.4 Å². The fourth-order valence-electron chi connectivity index (χ4n) is 3.40. The molecule has 148 valence electrons. The summed E-state index contributed by atoms with van der Waals surface area (Å²) >= 11 is 6.13. The zero-order valence-electron chi connectivity index (χ0n) is 15.7. The van der Waals surface area contributed by atoms with Crippen LogP contribution in [0.15, 0.2) is 42.5 Å². The van der Waals surface area contributed by atoms with E-state index in [-0.39, 0.29) is 23.5 Å². The highest BCUT2D eigenvalue weighted by molar-refractivity contribution is 6.31. The third-order valence-electron chi connectivity index (χ3n) is 4.79. The van der Waals surface area contributed by atoms with Crippen LogP contribution in [0.4, 0.5) is 15.8 Å². The molecule has 0 bridgehead atoms. The Hall–Kier alpha value is -2.44. The van der Waals surface area contributed by atoms with E-state index in [0.29, 0.717) is 35.1 Å². The SMILES string of the molecule is CC(=O)Nc1ccc(NC(=O)C2CCCN(Cc3c(F)cccc3Cl)C2)cc1. The van der Waals surface area contributed by atoms with Gasteiger partial charge in [0, 0.05) is 42.0 Å². The van der Waals surface area contributed by atoms with Gasteiger partial charge in [-0.05, 0) is 55.8 Å². The summed E-state index contributed by atoms with van der Waals surface area (Å²) < 4.78 is 14.0. The van der Waals surface area contributed by atoms with Crippen molar-refractivity contribution in [2.45, 2.75) is 26.3 Å². The van der Waals surface area contributed by atoms with Crippen LogP contribution in [0, 0.1) is 11.7 Å². The number of nitrogens with zero attached hydrogens (tertiary/aromatic N) is 1. The van der Waals surface area contributed by atoms with E-state index in [1.807, 2.05) is 0 Å². The van der Waals surface area contributed by atoms with E-state index in [0.717, 1.165) is 19.4 Å². The van der Waals surface area contributed by atoms with E-state index in [2.05, 4.69) is 15.5 Å². The molecule has 0 spiro atoms. The molecule has 1 unspecified atom stereocenters. The zero-order valence-corrected chi connectivity index (χ0v) is 16.4. The maximum Gasteiger partial charge on any atom is 0.228 e. The Kier molecular flexibility index (Phi) is 6.65. The number of halogens is 2. The molecule has 1 fully saturated rings. The van der Waals surface area contributed by atoms with Crippen LogP contribution in [0.25, 0.3) is 0 Å². The van der Waals surface area contributed by atoms with E-state index in [9.17, 15) is 14.0 Å². The van der Waals surface area contributed by atoms with E-state index < -0.39 is 0 Å². The predicted octanol–water partition coefficient (Wildman–Crippen LogP) is 4.29. The second-order valence-electron chi connectivity index (χ2n) is 7.02. The molecule has 2 aromatic rings. The van der Waals surface area contributed by atoms with Gasteiger partial charge in [-0.1, -0.05) is 17.7 Å². The summed E-state index contributed by atoms with van der Waals surface area (Å²) in [6, 6.07) is 11.7. The van der Waals surface area contributed by atoms with E-state index in [4.69, 9.17) is 11.6 Å². The molecule has 7 heteroatoms. The number of anilines is 2. The lowest BCUT2D eigenvalue weighted by molar-refractivity contribution is -0.121. The smallest absolute Gasteiger partial charge is 0.228 e. The minimum absolute atomic E-state index is 0.0587. The summed E-state index contributed by atoms with van der Waals surface area (Å²) in [6.45, 7) is 3.19. The highest BCUT2D eigenvalue weighted by Gasteiger charge is 2.26. The Bertz CT molecular complexity index is 837. The lowest BCUT2D eigenvalue weighted by Crippen LogP contribution is -2.40. The van der Waals surface area contributed by atoms with Crippen molar-refractivity contribution >= 4 is 34.8 Å². The Labute approximate surface area is 168 Å². The van der Waals surface area contributed by atoms with Crippen molar-refractivity contribution in [2.75, 3.05) is 23.7 Å². The molecule has 0 aliphatic carbocycles. The van der Waals surface area contributed by atoms with Crippen molar-refractivity contribution in [3.05, 3.63) is 58.9 Å². The predicted molar refractivity (Wildman–Crippen MR) is 109 cm³/mol. The molecule has 1 aliphatic heterocycles. The summed E-state index contributed by atoms with van der Waals surface area (Å²) in [5.74, 6) is -0.696. The largest absolute Gasteiger partial charge is 0.326 e. The molecule has 1 aliphatic rings. The van der Waals surface area contributed by atoms with Gasteiger partial charge in [-0.15, -0.1) is 0 Å². The molecule has 1 heterocycles. The maximum atomic E-state index is 14.0. The first-order chi connectivity index (χ1) is 13.4. The van der Waals surface area contributed by atoms with Crippen molar-refractivity contribution in [3.8, 4) is 0 Å². The van der Waals surface area contributed by atoms with Gasteiger partial charge in [0.05, 0.1) is 5.92 Å². The number of hydrogen-bond acceptors (Lipinski definition) is 3. The third kappa shape index (κ3) is 5.30. The number of likely N-dealkylation sites (tertiary alicyclic amines) is 1. The highest BCUT2D eigenvalue weighted by atomic mass is 35.5. The minimum atomic E-state index is -0.321. The van der Waals surface area contributed by atoms with Crippen molar-refractivity contribution in [1.82, 2.24) is 4.90 Å². The molecule has 0 radical (unpaired) electrons.